The minimum atomic E-state index is -0.562. The van der Waals surface area contributed by atoms with Crippen LogP contribution in [0.4, 0.5) is 0 Å². The van der Waals surface area contributed by atoms with Crippen molar-refractivity contribution in [1.29, 1.82) is 0 Å². The first-order valence-corrected chi connectivity index (χ1v) is 12.2. The van der Waals surface area contributed by atoms with Crippen molar-refractivity contribution < 1.29 is 9.53 Å². The second kappa shape index (κ2) is 8.52. The number of hydrogen-bond acceptors (Lipinski definition) is 7. The van der Waals surface area contributed by atoms with E-state index in [1.807, 2.05) is 61.3 Å². The quantitative estimate of drug-likeness (QED) is 0.407. The molecule has 5 heterocycles. The first kappa shape index (κ1) is 22.5. The second-order valence-corrected chi connectivity index (χ2v) is 10.4. The van der Waals surface area contributed by atoms with Crippen LogP contribution in [0.3, 0.4) is 0 Å². The molecule has 1 saturated heterocycles. The predicted molar refractivity (Wildman–Crippen MR) is 131 cm³/mol. The summed E-state index contributed by atoms with van der Waals surface area (Å²) in [6.45, 7) is 7.65. The van der Waals surface area contributed by atoms with Gasteiger partial charge in [0.1, 0.15) is 17.1 Å². The summed E-state index contributed by atoms with van der Waals surface area (Å²) in [5, 5.41) is 3.94. The number of pyridine rings is 1. The van der Waals surface area contributed by atoms with Crippen LogP contribution >= 0.6 is 11.3 Å². The van der Waals surface area contributed by atoms with Gasteiger partial charge >= 0.3 is 11.7 Å². The lowest BCUT2D eigenvalue weighted by Crippen LogP contribution is -2.29. The number of rotatable bonds is 5. The summed E-state index contributed by atoms with van der Waals surface area (Å²) >= 11 is 1.56. The Balaban J connectivity index is 1.38. The Morgan fingerprint density at radius 2 is 2.09 bits per heavy atom. The maximum atomic E-state index is 13.5. The molecule has 4 aromatic rings. The highest BCUT2D eigenvalue weighted by molar-refractivity contribution is 7.08. The van der Waals surface area contributed by atoms with E-state index in [2.05, 4.69) is 14.9 Å². The third-order valence-corrected chi connectivity index (χ3v) is 6.74. The number of carbonyl (C=O) groups excluding carboxylic acids is 1. The van der Waals surface area contributed by atoms with E-state index in [1.54, 1.807) is 32.9 Å². The SMILES string of the molecule is Cn1c(C(=O)OC(C)(C)C)cnc1CN1CCC(n2c(=O)n(-c3ccsc3)c3cccnc32)C1. The van der Waals surface area contributed by atoms with Crippen LogP contribution in [0, 0.1) is 0 Å². The van der Waals surface area contributed by atoms with Gasteiger partial charge in [-0.2, -0.15) is 11.3 Å². The van der Waals surface area contributed by atoms with E-state index in [1.165, 1.54) is 0 Å². The smallest absolute Gasteiger partial charge is 0.357 e. The summed E-state index contributed by atoms with van der Waals surface area (Å²) in [6, 6.07) is 5.76. The highest BCUT2D eigenvalue weighted by atomic mass is 32.1. The van der Waals surface area contributed by atoms with Gasteiger partial charge in [0.2, 0.25) is 0 Å². The number of thiophene rings is 1. The lowest BCUT2D eigenvalue weighted by Gasteiger charge is -2.20. The molecule has 1 unspecified atom stereocenters. The van der Waals surface area contributed by atoms with E-state index >= 15 is 0 Å². The van der Waals surface area contributed by atoms with E-state index in [-0.39, 0.29) is 17.7 Å². The molecule has 34 heavy (non-hydrogen) atoms. The van der Waals surface area contributed by atoms with Crippen molar-refractivity contribution in [3.05, 3.63) is 63.4 Å². The number of esters is 1. The molecule has 0 N–H and O–H groups in total. The number of fused-ring (bicyclic) bond motifs is 1. The summed E-state index contributed by atoms with van der Waals surface area (Å²) in [6.07, 6.45) is 4.14. The van der Waals surface area contributed by atoms with E-state index in [0.29, 0.717) is 24.4 Å². The molecule has 1 fully saturated rings. The van der Waals surface area contributed by atoms with Crippen LogP contribution in [-0.2, 0) is 18.3 Å². The first-order chi connectivity index (χ1) is 16.2. The van der Waals surface area contributed by atoms with Crippen molar-refractivity contribution in [2.75, 3.05) is 13.1 Å². The number of hydrogen-bond donors (Lipinski definition) is 0. The van der Waals surface area contributed by atoms with E-state index in [0.717, 1.165) is 30.0 Å². The van der Waals surface area contributed by atoms with E-state index in [4.69, 9.17) is 4.74 Å². The molecule has 0 radical (unpaired) electrons. The third-order valence-electron chi connectivity index (χ3n) is 6.07. The Morgan fingerprint density at radius 3 is 2.82 bits per heavy atom. The molecule has 9 nitrogen and oxygen atoms in total. The Morgan fingerprint density at radius 1 is 1.26 bits per heavy atom. The zero-order chi connectivity index (χ0) is 24.0. The molecule has 1 atom stereocenters. The summed E-state index contributed by atoms with van der Waals surface area (Å²) in [4.78, 5) is 37.3. The normalized spacial score (nSPS) is 17.0. The van der Waals surface area contributed by atoms with Crippen molar-refractivity contribution in [2.24, 2.45) is 7.05 Å². The van der Waals surface area contributed by atoms with Crippen molar-refractivity contribution >= 4 is 28.5 Å². The average Bonchev–Trinajstić information content (AvgIpc) is 3.54. The molecule has 1 aliphatic heterocycles. The van der Waals surface area contributed by atoms with E-state index < -0.39 is 5.60 Å². The second-order valence-electron chi connectivity index (χ2n) is 9.61. The molecular formula is C24H28N6O3S. The van der Waals surface area contributed by atoms with Crippen LogP contribution in [-0.4, -0.2) is 53.2 Å². The number of nitrogens with zero attached hydrogens (tertiary/aromatic N) is 6. The summed E-state index contributed by atoms with van der Waals surface area (Å²) in [5.41, 5.74) is 2.19. The van der Waals surface area contributed by atoms with Crippen LogP contribution < -0.4 is 5.69 Å². The monoisotopic (exact) mass is 480 g/mol. The zero-order valence-electron chi connectivity index (χ0n) is 19.8. The summed E-state index contributed by atoms with van der Waals surface area (Å²) < 4.78 is 10.9. The van der Waals surface area contributed by atoms with Crippen molar-refractivity contribution in [2.45, 2.75) is 45.4 Å². The minimum absolute atomic E-state index is 0.00961. The molecule has 0 aromatic carbocycles. The molecule has 0 amide bonds. The van der Waals surface area contributed by atoms with Gasteiger partial charge in [0.25, 0.3) is 0 Å². The third kappa shape index (κ3) is 4.07. The fraction of sp³-hybridized carbons (Fsp3) is 0.417. The van der Waals surface area contributed by atoms with Gasteiger partial charge in [-0.25, -0.2) is 19.6 Å². The standard InChI is InChI=1S/C24H28N6O3S/c1-24(2,3)33-22(31)19-12-26-20(27(19)4)14-28-10-7-16(13-28)30-21-18(6-5-9-25-21)29(23(30)32)17-8-11-34-15-17/h5-6,8-9,11-12,15-16H,7,10,13-14H2,1-4H3. The molecule has 10 heteroatoms. The molecule has 4 aromatic heterocycles. The van der Waals surface area contributed by atoms with Gasteiger partial charge in [-0.05, 0) is 50.8 Å². The number of aromatic nitrogens is 5. The number of likely N-dealkylation sites (tertiary alicyclic amines) is 1. The molecule has 5 rings (SSSR count). The fourth-order valence-corrected chi connectivity index (χ4v) is 5.11. The highest BCUT2D eigenvalue weighted by Gasteiger charge is 2.30. The van der Waals surface area contributed by atoms with Crippen LogP contribution in [0.1, 0.15) is 49.5 Å². The molecule has 0 bridgehead atoms. The van der Waals surface area contributed by atoms with Gasteiger partial charge in [0.05, 0.1) is 30.0 Å². The lowest BCUT2D eigenvalue weighted by atomic mass is 10.2. The van der Waals surface area contributed by atoms with Crippen LogP contribution in [0.15, 0.2) is 46.1 Å². The Labute approximate surface area is 201 Å². The van der Waals surface area contributed by atoms with Gasteiger partial charge in [0, 0.05) is 31.7 Å². The van der Waals surface area contributed by atoms with Crippen LogP contribution in [0.5, 0.6) is 0 Å². The summed E-state index contributed by atoms with van der Waals surface area (Å²) in [7, 11) is 1.83. The fourth-order valence-electron chi connectivity index (χ4n) is 4.49. The number of ether oxygens (including phenoxy) is 1. The molecular weight excluding hydrogens is 452 g/mol. The average molecular weight is 481 g/mol. The van der Waals surface area contributed by atoms with Crippen molar-refractivity contribution in [3.63, 3.8) is 0 Å². The topological polar surface area (TPSA) is 87.2 Å². The Kier molecular flexibility index (Phi) is 5.65. The van der Waals surface area contributed by atoms with Gasteiger partial charge in [-0.15, -0.1) is 0 Å². The number of imidazole rings is 2. The molecule has 0 spiro atoms. The highest BCUT2D eigenvalue weighted by Crippen LogP contribution is 2.27. The van der Waals surface area contributed by atoms with Gasteiger partial charge in [0.15, 0.2) is 5.65 Å². The maximum Gasteiger partial charge on any atom is 0.357 e. The van der Waals surface area contributed by atoms with Crippen LogP contribution in [0.25, 0.3) is 16.9 Å². The Bertz CT molecular complexity index is 1390. The van der Waals surface area contributed by atoms with Gasteiger partial charge in [-0.1, -0.05) is 0 Å². The van der Waals surface area contributed by atoms with Crippen molar-refractivity contribution in [1.82, 2.24) is 28.6 Å². The number of carbonyl (C=O) groups is 1. The minimum Gasteiger partial charge on any atom is -0.455 e. The summed E-state index contributed by atoms with van der Waals surface area (Å²) in [5.74, 6) is 0.402. The van der Waals surface area contributed by atoms with Crippen molar-refractivity contribution in [3.8, 4) is 5.69 Å². The zero-order valence-corrected chi connectivity index (χ0v) is 20.6. The molecule has 178 valence electrons. The van der Waals surface area contributed by atoms with Gasteiger partial charge in [-0.3, -0.25) is 14.0 Å². The maximum absolute atomic E-state index is 13.5. The van der Waals surface area contributed by atoms with E-state index in [9.17, 15) is 9.59 Å². The molecule has 1 aliphatic rings. The largest absolute Gasteiger partial charge is 0.455 e. The van der Waals surface area contributed by atoms with Gasteiger partial charge < -0.3 is 9.30 Å². The lowest BCUT2D eigenvalue weighted by molar-refractivity contribution is 0.00584. The molecule has 0 saturated carbocycles. The van der Waals surface area contributed by atoms with Crippen LogP contribution in [0.2, 0.25) is 0 Å². The Hall–Kier alpha value is -3.24. The molecule has 0 aliphatic carbocycles. The predicted octanol–water partition coefficient (Wildman–Crippen LogP) is 3.38. The first-order valence-electron chi connectivity index (χ1n) is 11.3.